The first-order valence-electron chi connectivity index (χ1n) is 9.36. The summed E-state index contributed by atoms with van der Waals surface area (Å²) in [5.74, 6) is 0.463. The van der Waals surface area contributed by atoms with E-state index in [1.54, 1.807) is 6.92 Å². The van der Waals surface area contributed by atoms with Gasteiger partial charge in [-0.25, -0.2) is 8.42 Å². The Morgan fingerprint density at radius 1 is 1.21 bits per heavy atom. The van der Waals surface area contributed by atoms with Crippen molar-refractivity contribution < 1.29 is 18.1 Å². The summed E-state index contributed by atoms with van der Waals surface area (Å²) >= 11 is 0. The van der Waals surface area contributed by atoms with Crippen LogP contribution in [0.4, 0.5) is 11.4 Å². The van der Waals surface area contributed by atoms with Crippen LogP contribution in [0.2, 0.25) is 0 Å². The normalized spacial score (nSPS) is 11.9. The van der Waals surface area contributed by atoms with E-state index in [9.17, 15) is 23.3 Å². The van der Waals surface area contributed by atoms with Gasteiger partial charge in [0.15, 0.2) is 0 Å². The molecule has 28 heavy (non-hydrogen) atoms. The number of nitro groups is 1. The molecule has 0 saturated carbocycles. The molecule has 0 fully saturated rings. The van der Waals surface area contributed by atoms with Gasteiger partial charge < -0.3 is 5.32 Å². The Balaban J connectivity index is 2.89. The van der Waals surface area contributed by atoms with Gasteiger partial charge in [0.05, 0.1) is 16.9 Å². The predicted molar refractivity (Wildman–Crippen MR) is 111 cm³/mol. The molecule has 0 saturated heterocycles. The van der Waals surface area contributed by atoms with E-state index in [0.717, 1.165) is 10.6 Å². The molecular formula is C19H31N3O5S. The number of nitro benzene ring substituents is 1. The number of rotatable bonds is 10. The van der Waals surface area contributed by atoms with Gasteiger partial charge in [-0.3, -0.25) is 19.2 Å². The number of aryl methyl sites for hydroxylation is 1. The van der Waals surface area contributed by atoms with E-state index in [2.05, 4.69) is 5.32 Å². The number of nitrogens with one attached hydrogen (secondary N) is 1. The van der Waals surface area contributed by atoms with Gasteiger partial charge in [-0.1, -0.05) is 33.8 Å². The molecule has 1 amide bonds. The van der Waals surface area contributed by atoms with Gasteiger partial charge in [-0.15, -0.1) is 0 Å². The number of amides is 1. The fourth-order valence-electron chi connectivity index (χ4n) is 3.19. The van der Waals surface area contributed by atoms with E-state index in [1.165, 1.54) is 18.2 Å². The molecule has 8 nitrogen and oxygen atoms in total. The molecule has 158 valence electrons. The fraction of sp³-hybridized carbons (Fsp3) is 0.632. The van der Waals surface area contributed by atoms with Gasteiger partial charge in [0, 0.05) is 31.1 Å². The number of non-ortho nitro benzene ring substituents is 1. The summed E-state index contributed by atoms with van der Waals surface area (Å²) in [6.45, 7) is 9.94. The maximum atomic E-state index is 12.3. The van der Waals surface area contributed by atoms with Crippen molar-refractivity contribution in [3.8, 4) is 0 Å². The van der Waals surface area contributed by atoms with Crippen molar-refractivity contribution in [1.82, 2.24) is 5.32 Å². The van der Waals surface area contributed by atoms with Crippen LogP contribution in [-0.4, -0.2) is 38.1 Å². The second-order valence-electron chi connectivity index (χ2n) is 7.75. The molecule has 0 heterocycles. The van der Waals surface area contributed by atoms with Crippen LogP contribution in [0.1, 0.15) is 46.1 Å². The maximum absolute atomic E-state index is 12.3. The van der Waals surface area contributed by atoms with Crippen LogP contribution in [0.15, 0.2) is 18.2 Å². The van der Waals surface area contributed by atoms with Gasteiger partial charge in [0.2, 0.25) is 15.9 Å². The van der Waals surface area contributed by atoms with Crippen LogP contribution in [0.25, 0.3) is 0 Å². The highest BCUT2D eigenvalue weighted by Crippen LogP contribution is 2.27. The molecule has 0 aromatic heterocycles. The molecule has 0 radical (unpaired) electrons. The standard InChI is InChI=1S/C19H31N3O5S/c1-13(2)19(14(3)4)20-18(23)8-7-11-21(28(6,26)27)17-12-16(22(24)25)10-9-15(17)5/h9-10,12-14,19H,7-8,11H2,1-6H3,(H,20,23). The number of hydrogen-bond donors (Lipinski definition) is 1. The number of nitrogens with zero attached hydrogens (tertiary/aromatic N) is 2. The Morgan fingerprint density at radius 3 is 2.25 bits per heavy atom. The molecule has 0 atom stereocenters. The molecule has 0 spiro atoms. The minimum absolute atomic E-state index is 0.0533. The molecule has 1 N–H and O–H groups in total. The minimum Gasteiger partial charge on any atom is -0.353 e. The SMILES string of the molecule is Cc1ccc([N+](=O)[O-])cc1N(CCCC(=O)NC(C(C)C)C(C)C)S(C)(=O)=O. The van der Waals surface area contributed by atoms with Crippen molar-refractivity contribution in [3.05, 3.63) is 33.9 Å². The van der Waals surface area contributed by atoms with E-state index >= 15 is 0 Å². The van der Waals surface area contributed by atoms with Crippen LogP contribution < -0.4 is 9.62 Å². The highest BCUT2D eigenvalue weighted by Gasteiger charge is 2.23. The summed E-state index contributed by atoms with van der Waals surface area (Å²) in [4.78, 5) is 22.7. The van der Waals surface area contributed by atoms with Crippen molar-refractivity contribution in [2.75, 3.05) is 17.1 Å². The smallest absolute Gasteiger partial charge is 0.271 e. The third kappa shape index (κ3) is 6.78. The summed E-state index contributed by atoms with van der Waals surface area (Å²) in [7, 11) is -3.65. The second kappa shape index (κ2) is 9.86. The fourth-order valence-corrected chi connectivity index (χ4v) is 4.20. The summed E-state index contributed by atoms with van der Waals surface area (Å²) in [6.07, 6.45) is 1.54. The Hall–Kier alpha value is -2.16. The van der Waals surface area contributed by atoms with E-state index < -0.39 is 14.9 Å². The average Bonchev–Trinajstić information content (AvgIpc) is 2.55. The molecule has 0 aliphatic heterocycles. The van der Waals surface area contributed by atoms with Crippen LogP contribution in [-0.2, 0) is 14.8 Å². The number of hydrogen-bond acceptors (Lipinski definition) is 5. The first kappa shape index (κ1) is 23.9. The van der Waals surface area contributed by atoms with Crippen LogP contribution in [0.5, 0.6) is 0 Å². The van der Waals surface area contributed by atoms with E-state index in [4.69, 9.17) is 0 Å². The molecule has 0 aliphatic carbocycles. The number of sulfonamides is 1. The van der Waals surface area contributed by atoms with Gasteiger partial charge in [-0.05, 0) is 30.7 Å². The number of benzene rings is 1. The van der Waals surface area contributed by atoms with Gasteiger partial charge in [0.25, 0.3) is 5.69 Å². The van der Waals surface area contributed by atoms with Crippen molar-refractivity contribution in [2.45, 2.75) is 53.5 Å². The lowest BCUT2D eigenvalue weighted by molar-refractivity contribution is -0.384. The Labute approximate surface area is 167 Å². The third-order valence-corrected chi connectivity index (χ3v) is 5.78. The maximum Gasteiger partial charge on any atom is 0.271 e. The van der Waals surface area contributed by atoms with Crippen molar-refractivity contribution >= 4 is 27.3 Å². The largest absolute Gasteiger partial charge is 0.353 e. The van der Waals surface area contributed by atoms with Crippen LogP contribution in [0.3, 0.4) is 0 Å². The zero-order valence-electron chi connectivity index (χ0n) is 17.4. The highest BCUT2D eigenvalue weighted by molar-refractivity contribution is 7.92. The molecular weight excluding hydrogens is 382 g/mol. The summed E-state index contributed by atoms with van der Waals surface area (Å²) in [5, 5.41) is 14.0. The zero-order valence-corrected chi connectivity index (χ0v) is 18.2. The van der Waals surface area contributed by atoms with Crippen molar-refractivity contribution in [3.63, 3.8) is 0 Å². The van der Waals surface area contributed by atoms with E-state index in [-0.39, 0.29) is 36.3 Å². The minimum atomic E-state index is -3.65. The van der Waals surface area contributed by atoms with Crippen molar-refractivity contribution in [2.24, 2.45) is 11.8 Å². The summed E-state index contributed by atoms with van der Waals surface area (Å²) in [5.41, 5.74) is 0.697. The average molecular weight is 414 g/mol. The van der Waals surface area contributed by atoms with Gasteiger partial charge in [0.1, 0.15) is 0 Å². The van der Waals surface area contributed by atoms with Gasteiger partial charge in [-0.2, -0.15) is 0 Å². The topological polar surface area (TPSA) is 110 Å². The second-order valence-corrected chi connectivity index (χ2v) is 9.65. The Kier molecular flexibility index (Phi) is 8.41. The first-order valence-corrected chi connectivity index (χ1v) is 11.2. The zero-order chi connectivity index (χ0) is 21.6. The Bertz CT molecular complexity index is 798. The molecule has 1 aromatic rings. The summed E-state index contributed by atoms with van der Waals surface area (Å²) < 4.78 is 25.6. The predicted octanol–water partition coefficient (Wildman–Crippen LogP) is 3.25. The van der Waals surface area contributed by atoms with E-state index in [0.29, 0.717) is 23.8 Å². The molecule has 1 rings (SSSR count). The van der Waals surface area contributed by atoms with Crippen LogP contribution >= 0.6 is 0 Å². The number of carbonyl (C=O) groups excluding carboxylic acids is 1. The quantitative estimate of drug-likeness (QED) is 0.468. The molecule has 0 bridgehead atoms. The molecule has 1 aromatic carbocycles. The molecule has 0 unspecified atom stereocenters. The first-order chi connectivity index (χ1) is 12.8. The third-order valence-electron chi connectivity index (χ3n) is 4.60. The highest BCUT2D eigenvalue weighted by atomic mass is 32.2. The lowest BCUT2D eigenvalue weighted by Crippen LogP contribution is -2.42. The number of anilines is 1. The Morgan fingerprint density at radius 2 is 1.79 bits per heavy atom. The lowest BCUT2D eigenvalue weighted by Gasteiger charge is -2.27. The molecule has 9 heteroatoms. The lowest BCUT2D eigenvalue weighted by atomic mass is 9.93. The molecule has 0 aliphatic rings. The van der Waals surface area contributed by atoms with E-state index in [1.807, 2.05) is 27.7 Å². The van der Waals surface area contributed by atoms with Crippen molar-refractivity contribution in [1.29, 1.82) is 0 Å². The van der Waals surface area contributed by atoms with Gasteiger partial charge >= 0.3 is 0 Å². The number of carbonyl (C=O) groups is 1. The summed E-state index contributed by atoms with van der Waals surface area (Å²) in [6, 6.07) is 4.17. The van der Waals surface area contributed by atoms with Crippen LogP contribution in [0, 0.1) is 28.9 Å². The monoisotopic (exact) mass is 413 g/mol.